The Kier molecular flexibility index (Phi) is 10.7. The number of rotatable bonds is 9. The number of fused-ring (bicyclic) bond motifs is 2. The van der Waals surface area contributed by atoms with Gasteiger partial charge in [-0.15, -0.1) is 0 Å². The second-order valence-electron chi connectivity index (χ2n) is 13.0. The molecule has 12 heteroatoms. The van der Waals surface area contributed by atoms with Crippen molar-refractivity contribution < 1.29 is 38.5 Å². The summed E-state index contributed by atoms with van der Waals surface area (Å²) >= 11 is 0. The van der Waals surface area contributed by atoms with Crippen molar-refractivity contribution in [2.75, 3.05) is 56.3 Å². The lowest BCUT2D eigenvalue weighted by molar-refractivity contribution is -0.162. The number of allylic oxidation sites excluding steroid dienone is 1. The Morgan fingerprint density at radius 1 is 1.00 bits per heavy atom. The quantitative estimate of drug-likeness (QED) is 0.301. The fourth-order valence-electron chi connectivity index (χ4n) is 7.90. The average Bonchev–Trinajstić information content (AvgIpc) is 3.50. The van der Waals surface area contributed by atoms with Crippen LogP contribution in [0.3, 0.4) is 0 Å². The van der Waals surface area contributed by atoms with Gasteiger partial charge in [0.2, 0.25) is 11.8 Å². The highest BCUT2D eigenvalue weighted by atomic mass is 16.6. The second-order valence-corrected chi connectivity index (χ2v) is 13.0. The van der Waals surface area contributed by atoms with Crippen LogP contribution in [0.5, 0.6) is 0 Å². The molecule has 0 saturated carbocycles. The van der Waals surface area contributed by atoms with Crippen molar-refractivity contribution in [1.82, 2.24) is 10.2 Å². The highest BCUT2D eigenvalue weighted by Gasteiger charge is 2.71. The minimum absolute atomic E-state index is 0.0701. The number of carbonyl (C=O) groups is 4. The molecular weight excluding hydrogens is 640 g/mol. The van der Waals surface area contributed by atoms with Crippen molar-refractivity contribution in [3.05, 3.63) is 84.5 Å². The molecule has 4 aliphatic heterocycles. The number of anilines is 2. The van der Waals surface area contributed by atoms with Crippen LogP contribution < -0.4 is 15.1 Å². The number of carbonyl (C=O) groups excluding carboxylic acids is 4. The summed E-state index contributed by atoms with van der Waals surface area (Å²) in [6, 6.07) is 14.9. The number of hydrogen-bond donors (Lipinski definition) is 2. The minimum atomic E-state index is -1.51. The zero-order chi connectivity index (χ0) is 35.4. The topological polar surface area (TPSA) is 138 Å². The van der Waals surface area contributed by atoms with Gasteiger partial charge in [0.1, 0.15) is 23.7 Å². The number of likely N-dealkylation sites (tertiary alicyclic amines) is 1. The lowest BCUT2D eigenvalue weighted by Gasteiger charge is -2.35. The summed E-state index contributed by atoms with van der Waals surface area (Å²) in [4.78, 5) is 61.8. The fourth-order valence-corrected chi connectivity index (χ4v) is 7.90. The van der Waals surface area contributed by atoms with Gasteiger partial charge in [0.15, 0.2) is 0 Å². The molecule has 4 aliphatic rings. The van der Waals surface area contributed by atoms with E-state index in [0.717, 1.165) is 18.8 Å². The molecule has 1 spiro atoms. The number of aliphatic hydroxyl groups is 1. The van der Waals surface area contributed by atoms with E-state index in [1.54, 1.807) is 35.3 Å². The van der Waals surface area contributed by atoms with Crippen LogP contribution in [-0.2, 0) is 33.4 Å². The summed E-state index contributed by atoms with van der Waals surface area (Å²) in [5.74, 6) is -4.00. The molecular formula is C38H46N4O8. The number of cyclic esters (lactones) is 1. The monoisotopic (exact) mass is 686 g/mol. The molecule has 0 bridgehead atoms. The maximum atomic E-state index is 14.7. The summed E-state index contributed by atoms with van der Waals surface area (Å²) < 4.78 is 18.5. The van der Waals surface area contributed by atoms with Gasteiger partial charge in [0, 0.05) is 51.1 Å². The van der Waals surface area contributed by atoms with E-state index >= 15 is 0 Å². The standard InChI is InChI=1S/C38H46N4O8/c1-4-40(5-2)26-16-18-27(19-17-26)41-21-11-20-38-32(35(45)42(22-23-43)34(38)36(41)46)31-29(50-38)14-9-10-15-30(44)39-28(24-48-3)33(49-37(31)47)25-12-7-6-8-13-25/h6-9,11-14,16-20,28-29,31-34,43H,4-5,10,15,21-24H2,1-3H3,(H,39,44)/b14-9-/t28-,29-,31+,32+,33-,34-,38+/m1/s1. The molecule has 0 radical (unpaired) electrons. The highest BCUT2D eigenvalue weighted by molar-refractivity contribution is 6.05. The molecule has 2 fully saturated rings. The Hall–Kier alpha value is -4.52. The van der Waals surface area contributed by atoms with Gasteiger partial charge in [-0.25, -0.2) is 0 Å². The Balaban J connectivity index is 1.40. The summed E-state index contributed by atoms with van der Waals surface area (Å²) in [6.07, 6.45) is 5.70. The van der Waals surface area contributed by atoms with Crippen LogP contribution in [0, 0.1) is 11.8 Å². The molecule has 2 aromatic carbocycles. The summed E-state index contributed by atoms with van der Waals surface area (Å²) in [7, 11) is 1.50. The van der Waals surface area contributed by atoms with Gasteiger partial charge in [-0.2, -0.15) is 0 Å². The molecule has 2 saturated heterocycles. The van der Waals surface area contributed by atoms with E-state index in [9.17, 15) is 24.3 Å². The molecule has 3 amide bonds. The second kappa shape index (κ2) is 15.2. The first-order valence-corrected chi connectivity index (χ1v) is 17.4. The average molecular weight is 687 g/mol. The van der Waals surface area contributed by atoms with Crippen molar-refractivity contribution in [2.24, 2.45) is 11.8 Å². The van der Waals surface area contributed by atoms with Crippen LogP contribution in [0.4, 0.5) is 11.4 Å². The third-order valence-corrected chi connectivity index (χ3v) is 10.2. The van der Waals surface area contributed by atoms with Crippen molar-refractivity contribution in [1.29, 1.82) is 0 Å². The maximum absolute atomic E-state index is 14.7. The number of esters is 1. The van der Waals surface area contributed by atoms with Gasteiger partial charge in [-0.1, -0.05) is 54.6 Å². The van der Waals surface area contributed by atoms with Gasteiger partial charge in [-0.05, 0) is 50.1 Å². The Morgan fingerprint density at radius 2 is 1.74 bits per heavy atom. The molecule has 6 rings (SSSR count). The predicted octanol–water partition coefficient (Wildman–Crippen LogP) is 2.77. The number of amides is 3. The first-order chi connectivity index (χ1) is 24.3. The Bertz CT molecular complexity index is 1610. The van der Waals surface area contributed by atoms with Crippen LogP contribution >= 0.6 is 0 Å². The largest absolute Gasteiger partial charge is 0.455 e. The van der Waals surface area contributed by atoms with Gasteiger partial charge >= 0.3 is 5.97 Å². The highest BCUT2D eigenvalue weighted by Crippen LogP contribution is 2.53. The zero-order valence-electron chi connectivity index (χ0n) is 28.8. The fraction of sp³-hybridized carbons (Fsp3) is 0.474. The summed E-state index contributed by atoms with van der Waals surface area (Å²) in [5, 5.41) is 13.1. The molecule has 266 valence electrons. The number of ether oxygens (including phenoxy) is 3. The predicted molar refractivity (Wildman–Crippen MR) is 186 cm³/mol. The number of hydrogen-bond acceptors (Lipinski definition) is 9. The zero-order valence-corrected chi connectivity index (χ0v) is 28.8. The van der Waals surface area contributed by atoms with E-state index in [1.165, 1.54) is 12.0 Å². The van der Waals surface area contributed by atoms with Crippen molar-refractivity contribution >= 4 is 35.1 Å². The van der Waals surface area contributed by atoms with E-state index < -0.39 is 53.6 Å². The molecule has 2 N–H and O–H groups in total. The summed E-state index contributed by atoms with van der Waals surface area (Å²) in [5.41, 5.74) is 0.818. The maximum Gasteiger partial charge on any atom is 0.313 e. The van der Waals surface area contributed by atoms with E-state index in [2.05, 4.69) is 24.1 Å². The number of β-amino-alcohol motifs (C(OH)–C–C–N with tert-alkyl or cyclic N) is 1. The third kappa shape index (κ3) is 6.43. The number of methoxy groups -OCH3 is 1. The molecule has 7 atom stereocenters. The van der Waals surface area contributed by atoms with Crippen molar-refractivity contribution in [2.45, 2.75) is 56.6 Å². The minimum Gasteiger partial charge on any atom is -0.455 e. The van der Waals surface area contributed by atoms with Crippen LogP contribution in [-0.4, -0.2) is 104 Å². The van der Waals surface area contributed by atoms with E-state index in [1.807, 2.05) is 48.5 Å². The SMILES string of the molecule is CCN(CC)c1ccc(N2CC=C[C@]34O[C@@H]5/C=C\CCC(=O)N[C@H](COC)[C@@H](c6ccccc6)OC(=O)[C@@H]5[C@H]3C(=O)N(CCO)[C@@H]4C2=O)cc1. The van der Waals surface area contributed by atoms with Crippen LogP contribution in [0.25, 0.3) is 0 Å². The first kappa shape index (κ1) is 35.3. The molecule has 0 aliphatic carbocycles. The van der Waals surface area contributed by atoms with Crippen LogP contribution in [0.15, 0.2) is 78.9 Å². The first-order valence-electron chi connectivity index (χ1n) is 17.4. The molecule has 0 unspecified atom stereocenters. The third-order valence-electron chi connectivity index (χ3n) is 10.2. The molecule has 12 nitrogen and oxygen atoms in total. The van der Waals surface area contributed by atoms with Gasteiger partial charge in [-0.3, -0.25) is 19.2 Å². The van der Waals surface area contributed by atoms with Crippen LogP contribution in [0.1, 0.15) is 38.4 Å². The Labute approximate surface area is 292 Å². The number of benzene rings is 2. The molecule has 0 aromatic heterocycles. The smallest absolute Gasteiger partial charge is 0.313 e. The van der Waals surface area contributed by atoms with Crippen molar-refractivity contribution in [3.63, 3.8) is 0 Å². The Morgan fingerprint density at radius 3 is 2.42 bits per heavy atom. The molecule has 50 heavy (non-hydrogen) atoms. The number of nitrogens with one attached hydrogen (secondary N) is 1. The normalized spacial score (nSPS) is 30.3. The summed E-state index contributed by atoms with van der Waals surface area (Å²) in [6.45, 7) is 5.64. The van der Waals surface area contributed by atoms with E-state index in [4.69, 9.17) is 14.2 Å². The van der Waals surface area contributed by atoms with Crippen LogP contribution in [0.2, 0.25) is 0 Å². The van der Waals surface area contributed by atoms with Crippen molar-refractivity contribution in [3.8, 4) is 0 Å². The van der Waals surface area contributed by atoms with Gasteiger partial charge < -0.3 is 39.3 Å². The van der Waals surface area contributed by atoms with Gasteiger partial charge in [0.05, 0.1) is 31.3 Å². The molecule has 2 aromatic rings. The number of nitrogens with zero attached hydrogens (tertiary/aromatic N) is 3. The van der Waals surface area contributed by atoms with E-state index in [0.29, 0.717) is 17.7 Å². The van der Waals surface area contributed by atoms with E-state index in [-0.39, 0.29) is 44.5 Å². The van der Waals surface area contributed by atoms with Gasteiger partial charge in [0.25, 0.3) is 5.91 Å². The lowest BCUT2D eigenvalue weighted by atomic mass is 9.77. The number of aliphatic hydroxyl groups excluding tert-OH is 1. The lowest BCUT2D eigenvalue weighted by Crippen LogP contribution is -2.55. The molecule has 4 heterocycles.